The molecule has 0 radical (unpaired) electrons. The predicted octanol–water partition coefficient (Wildman–Crippen LogP) is 3.83. The monoisotopic (exact) mass is 278 g/mol. The van der Waals surface area contributed by atoms with Crippen LogP contribution in [0.25, 0.3) is 0 Å². The topological polar surface area (TPSA) is 65.3 Å². The Kier molecular flexibility index (Phi) is 3.97. The third-order valence-electron chi connectivity index (χ3n) is 2.54. The van der Waals surface area contributed by atoms with E-state index in [0.29, 0.717) is 23.1 Å². The van der Waals surface area contributed by atoms with Crippen LogP contribution < -0.4 is 4.74 Å². The van der Waals surface area contributed by atoms with E-state index in [1.807, 2.05) is 6.07 Å². The van der Waals surface area contributed by atoms with Crippen LogP contribution in [0.2, 0.25) is 0 Å². The molecule has 0 saturated heterocycles. The van der Waals surface area contributed by atoms with Crippen LogP contribution in [0.4, 0.5) is 5.69 Å². The Balaban J connectivity index is 2.18. The minimum Gasteiger partial charge on any atom is -0.439 e. The first-order valence-electron chi connectivity index (χ1n) is 5.54. The molecule has 0 saturated carbocycles. The molecule has 0 bridgehead atoms. The molecule has 98 valence electrons. The van der Waals surface area contributed by atoms with Crippen LogP contribution in [-0.2, 0) is 5.88 Å². The van der Waals surface area contributed by atoms with Crippen molar-refractivity contribution >= 4 is 17.3 Å². The molecule has 0 amide bonds. The minimum atomic E-state index is -0.424. The Hall–Kier alpha value is -2.14. The number of halogens is 1. The highest BCUT2D eigenvalue weighted by Gasteiger charge is 2.11. The van der Waals surface area contributed by atoms with Gasteiger partial charge in [0.15, 0.2) is 0 Å². The summed E-state index contributed by atoms with van der Waals surface area (Å²) >= 11 is 5.66. The van der Waals surface area contributed by atoms with Gasteiger partial charge in [-0.05, 0) is 24.6 Å². The number of nitrogens with zero attached hydrogens (tertiary/aromatic N) is 2. The number of hydrogen-bond acceptors (Lipinski definition) is 4. The van der Waals surface area contributed by atoms with Crippen molar-refractivity contribution in [1.29, 1.82) is 0 Å². The van der Waals surface area contributed by atoms with Crippen LogP contribution in [0.3, 0.4) is 0 Å². The lowest BCUT2D eigenvalue weighted by atomic mass is 10.2. The average molecular weight is 279 g/mol. The van der Waals surface area contributed by atoms with E-state index in [4.69, 9.17) is 16.3 Å². The molecule has 0 aliphatic carbocycles. The number of pyridine rings is 1. The molecule has 0 atom stereocenters. The van der Waals surface area contributed by atoms with Crippen LogP contribution in [0.1, 0.15) is 11.1 Å². The zero-order valence-corrected chi connectivity index (χ0v) is 10.9. The number of rotatable bonds is 4. The minimum absolute atomic E-state index is 0.0674. The number of aromatic nitrogens is 1. The number of aryl methyl sites for hydroxylation is 1. The molecule has 2 rings (SSSR count). The number of hydrogen-bond donors (Lipinski definition) is 0. The van der Waals surface area contributed by atoms with E-state index >= 15 is 0 Å². The van der Waals surface area contributed by atoms with Crippen molar-refractivity contribution in [2.45, 2.75) is 12.8 Å². The summed E-state index contributed by atoms with van der Waals surface area (Å²) in [7, 11) is 0. The summed E-state index contributed by atoms with van der Waals surface area (Å²) in [5.41, 5.74) is 1.51. The van der Waals surface area contributed by atoms with Crippen molar-refractivity contribution in [3.63, 3.8) is 0 Å². The van der Waals surface area contributed by atoms with Gasteiger partial charge in [0.2, 0.25) is 5.88 Å². The lowest BCUT2D eigenvalue weighted by molar-refractivity contribution is -0.385. The van der Waals surface area contributed by atoms with Gasteiger partial charge in [-0.1, -0.05) is 6.07 Å². The van der Waals surface area contributed by atoms with Crippen molar-refractivity contribution in [1.82, 2.24) is 4.98 Å². The molecule has 0 N–H and O–H groups in total. The molecule has 0 aliphatic heterocycles. The first-order chi connectivity index (χ1) is 9.10. The highest BCUT2D eigenvalue weighted by Crippen LogP contribution is 2.26. The second kappa shape index (κ2) is 5.67. The Morgan fingerprint density at radius 1 is 1.37 bits per heavy atom. The smallest absolute Gasteiger partial charge is 0.272 e. The first kappa shape index (κ1) is 13.3. The third kappa shape index (κ3) is 3.20. The summed E-state index contributed by atoms with van der Waals surface area (Å²) in [6, 6.07) is 8.08. The number of alkyl halides is 1. The van der Waals surface area contributed by atoms with Gasteiger partial charge in [0.05, 0.1) is 4.92 Å². The summed E-state index contributed by atoms with van der Waals surface area (Å²) in [6.45, 7) is 1.66. The zero-order chi connectivity index (χ0) is 13.8. The Bertz CT molecular complexity index is 599. The quantitative estimate of drug-likeness (QED) is 0.484. The van der Waals surface area contributed by atoms with Gasteiger partial charge in [-0.3, -0.25) is 10.1 Å². The van der Waals surface area contributed by atoms with E-state index < -0.39 is 4.92 Å². The summed E-state index contributed by atoms with van der Waals surface area (Å²) in [5.74, 6) is 1.32. The van der Waals surface area contributed by atoms with E-state index in [2.05, 4.69) is 4.98 Å². The van der Waals surface area contributed by atoms with Gasteiger partial charge >= 0.3 is 0 Å². The zero-order valence-electron chi connectivity index (χ0n) is 10.2. The largest absolute Gasteiger partial charge is 0.439 e. The number of benzene rings is 1. The Morgan fingerprint density at radius 3 is 2.68 bits per heavy atom. The van der Waals surface area contributed by atoms with E-state index in [1.165, 1.54) is 6.07 Å². The summed E-state index contributed by atoms with van der Waals surface area (Å²) in [6.07, 6.45) is 1.63. The van der Waals surface area contributed by atoms with Gasteiger partial charge in [0, 0.05) is 29.8 Å². The summed E-state index contributed by atoms with van der Waals surface area (Å²) in [5, 5.41) is 10.7. The van der Waals surface area contributed by atoms with E-state index in [9.17, 15) is 10.1 Å². The second-order valence-corrected chi connectivity index (χ2v) is 4.21. The molecule has 2 aromatic rings. The van der Waals surface area contributed by atoms with Gasteiger partial charge in [-0.25, -0.2) is 4.98 Å². The standard InChI is InChI=1S/C13H11ClN2O3/c1-9-6-11(3-4-12(9)16(17)18)19-13-5-2-10(7-14)8-15-13/h2-6,8H,7H2,1H3. The fourth-order valence-corrected chi connectivity index (χ4v) is 1.73. The van der Waals surface area contributed by atoms with Gasteiger partial charge < -0.3 is 4.74 Å². The molecule has 0 unspecified atom stereocenters. The highest BCUT2D eigenvalue weighted by atomic mass is 35.5. The van der Waals surface area contributed by atoms with Crippen molar-refractivity contribution < 1.29 is 9.66 Å². The summed E-state index contributed by atoms with van der Waals surface area (Å²) < 4.78 is 5.52. The van der Waals surface area contributed by atoms with Gasteiger partial charge in [0.1, 0.15) is 5.75 Å². The van der Waals surface area contributed by atoms with E-state index in [-0.39, 0.29) is 5.69 Å². The van der Waals surface area contributed by atoms with Crippen LogP contribution in [-0.4, -0.2) is 9.91 Å². The first-order valence-corrected chi connectivity index (χ1v) is 6.07. The van der Waals surface area contributed by atoms with Crippen molar-refractivity contribution in [2.75, 3.05) is 0 Å². The van der Waals surface area contributed by atoms with E-state index in [1.54, 1.807) is 31.3 Å². The molecule has 1 heterocycles. The molecule has 0 spiro atoms. The van der Waals surface area contributed by atoms with Gasteiger partial charge in [0.25, 0.3) is 5.69 Å². The molecule has 6 heteroatoms. The molecular formula is C13H11ClN2O3. The normalized spacial score (nSPS) is 10.2. The fraction of sp³-hybridized carbons (Fsp3) is 0.154. The Labute approximate surface area is 115 Å². The van der Waals surface area contributed by atoms with Crippen LogP contribution in [0, 0.1) is 17.0 Å². The maximum absolute atomic E-state index is 10.7. The van der Waals surface area contributed by atoms with Crippen molar-refractivity contribution in [3.05, 3.63) is 57.8 Å². The highest BCUT2D eigenvalue weighted by molar-refractivity contribution is 6.17. The predicted molar refractivity (Wildman–Crippen MR) is 71.7 cm³/mol. The average Bonchev–Trinajstić information content (AvgIpc) is 2.39. The molecule has 5 nitrogen and oxygen atoms in total. The number of nitro groups is 1. The number of nitro benzene ring substituents is 1. The van der Waals surface area contributed by atoms with Crippen molar-refractivity contribution in [2.24, 2.45) is 0 Å². The molecule has 1 aromatic heterocycles. The molecule has 1 aromatic carbocycles. The lowest BCUT2D eigenvalue weighted by Gasteiger charge is -2.06. The molecular weight excluding hydrogens is 268 g/mol. The Morgan fingerprint density at radius 2 is 2.16 bits per heavy atom. The van der Waals surface area contributed by atoms with Gasteiger partial charge in [-0.2, -0.15) is 0 Å². The molecule has 19 heavy (non-hydrogen) atoms. The molecule has 0 aliphatic rings. The number of ether oxygens (including phenoxy) is 1. The summed E-state index contributed by atoms with van der Waals surface area (Å²) in [4.78, 5) is 14.4. The second-order valence-electron chi connectivity index (χ2n) is 3.95. The maximum Gasteiger partial charge on any atom is 0.272 e. The van der Waals surface area contributed by atoms with Gasteiger partial charge in [-0.15, -0.1) is 11.6 Å². The van der Waals surface area contributed by atoms with Crippen molar-refractivity contribution in [3.8, 4) is 11.6 Å². The SMILES string of the molecule is Cc1cc(Oc2ccc(CCl)cn2)ccc1[N+](=O)[O-]. The third-order valence-corrected chi connectivity index (χ3v) is 2.85. The van der Waals surface area contributed by atoms with E-state index in [0.717, 1.165) is 5.56 Å². The van der Waals surface area contributed by atoms with Crippen LogP contribution >= 0.6 is 11.6 Å². The molecule has 0 fully saturated rings. The maximum atomic E-state index is 10.7. The lowest BCUT2D eigenvalue weighted by Crippen LogP contribution is -1.93. The fourth-order valence-electron chi connectivity index (χ4n) is 1.57. The van der Waals surface area contributed by atoms with Crippen LogP contribution in [0.5, 0.6) is 11.6 Å². The van der Waals surface area contributed by atoms with Crippen LogP contribution in [0.15, 0.2) is 36.5 Å².